The Labute approximate surface area is 258 Å². The predicted octanol–water partition coefficient (Wildman–Crippen LogP) is 10.2. The van der Waals surface area contributed by atoms with E-state index >= 15 is 0 Å². The number of hydrogen-bond acceptors (Lipinski definition) is 4. The average Bonchev–Trinajstić information content (AvgIpc) is 3.08. The molecule has 2 aliphatic rings. The Hall–Kier alpha value is -3.60. The van der Waals surface area contributed by atoms with Gasteiger partial charge < -0.3 is 14.1 Å². The maximum absolute atomic E-state index is 12.5. The van der Waals surface area contributed by atoms with Crippen LogP contribution in [0.25, 0.3) is 33.4 Å². The molecule has 0 N–H and O–H groups in total. The van der Waals surface area contributed by atoms with Gasteiger partial charge in [-0.15, -0.1) is 0 Å². The van der Waals surface area contributed by atoms with Crippen LogP contribution in [0.5, 0.6) is 0 Å². The van der Waals surface area contributed by atoms with Gasteiger partial charge in [0, 0.05) is 48.4 Å². The molecule has 0 bridgehead atoms. The van der Waals surface area contributed by atoms with Gasteiger partial charge in [-0.05, 0) is 29.8 Å². The lowest BCUT2D eigenvalue weighted by molar-refractivity contribution is 0.0601. The van der Waals surface area contributed by atoms with Gasteiger partial charge in [-0.1, -0.05) is 101 Å². The van der Waals surface area contributed by atoms with Crippen LogP contribution in [0, 0.1) is 0 Å². The number of methoxy groups -OCH3 is 1. The summed E-state index contributed by atoms with van der Waals surface area (Å²) in [4.78, 5) is 14.5. The van der Waals surface area contributed by atoms with Gasteiger partial charge in [0.05, 0.1) is 18.7 Å². The molecule has 2 aromatic rings. The Bertz CT molecular complexity index is 1300. The van der Waals surface area contributed by atoms with E-state index in [4.69, 9.17) is 9.15 Å². The largest absolute Gasteiger partial charge is 0.465 e. The summed E-state index contributed by atoms with van der Waals surface area (Å²) in [5, 5.41) is 1.99. The molecular weight excluding hydrogens is 520 g/mol. The molecular formula is C37H61N2O3+. The highest BCUT2D eigenvalue weighted by Crippen LogP contribution is 2.41. The van der Waals surface area contributed by atoms with Crippen LogP contribution >= 0.6 is 0 Å². The summed E-state index contributed by atoms with van der Waals surface area (Å²) in [5.74, 6) is 0.404. The Balaban J connectivity index is -0.00000113. The van der Waals surface area contributed by atoms with Crippen molar-refractivity contribution in [1.82, 2.24) is 4.58 Å². The standard InChI is InChI=1S/C25H25N2O3.6C2H6/c1-26(2)16-10-12-20-22(14-16)30-23-15-17(27(3)4)11-13-21(23)24(20)18-8-6-7-9-19(18)25(28)29-5;6*1-2/h6-15H,1-5H3;6*1-2H3/q+1;;;;;;. The zero-order valence-corrected chi connectivity index (χ0v) is 29.9. The minimum absolute atomic E-state index is 0.359. The molecule has 0 atom stereocenters. The molecule has 4 rings (SSSR count). The normalized spacial score (nSPS) is 8.69. The van der Waals surface area contributed by atoms with E-state index in [2.05, 4.69) is 24.3 Å². The quantitative estimate of drug-likeness (QED) is 0.137. The number of esters is 1. The van der Waals surface area contributed by atoms with E-state index < -0.39 is 0 Å². The molecule has 42 heavy (non-hydrogen) atoms. The molecule has 0 saturated carbocycles. The first-order valence-corrected chi connectivity index (χ1v) is 15.8. The minimum Gasteiger partial charge on any atom is -0.465 e. The number of carbonyl (C=O) groups is 1. The minimum atomic E-state index is -0.359. The Morgan fingerprint density at radius 3 is 1.76 bits per heavy atom. The molecule has 5 heteroatoms. The van der Waals surface area contributed by atoms with Crippen molar-refractivity contribution in [2.75, 3.05) is 40.2 Å². The van der Waals surface area contributed by atoms with E-state index in [1.165, 1.54) is 7.11 Å². The zero-order chi connectivity index (χ0) is 33.4. The van der Waals surface area contributed by atoms with E-state index in [9.17, 15) is 4.79 Å². The summed E-state index contributed by atoms with van der Waals surface area (Å²) in [6.07, 6.45) is 0. The van der Waals surface area contributed by atoms with Crippen LogP contribution in [0.1, 0.15) is 93.4 Å². The van der Waals surface area contributed by atoms with Gasteiger partial charge >= 0.3 is 5.97 Å². The van der Waals surface area contributed by atoms with E-state index in [0.29, 0.717) is 5.56 Å². The Morgan fingerprint density at radius 1 is 0.714 bits per heavy atom. The lowest BCUT2D eigenvalue weighted by atomic mass is 9.90. The summed E-state index contributed by atoms with van der Waals surface area (Å²) in [6.45, 7) is 24.0. The maximum Gasteiger partial charge on any atom is 0.338 e. The lowest BCUT2D eigenvalue weighted by Crippen LogP contribution is -2.21. The molecule has 0 aromatic heterocycles. The number of nitrogens with zero attached hydrogens (tertiary/aromatic N) is 2. The van der Waals surface area contributed by atoms with E-state index in [1.807, 2.05) is 151 Å². The molecule has 1 aliphatic carbocycles. The molecule has 1 aliphatic heterocycles. The van der Waals surface area contributed by atoms with Crippen molar-refractivity contribution in [1.29, 1.82) is 0 Å². The van der Waals surface area contributed by atoms with Gasteiger partial charge in [0.1, 0.15) is 25.4 Å². The molecule has 5 nitrogen and oxygen atoms in total. The fourth-order valence-electron chi connectivity index (χ4n) is 3.70. The van der Waals surface area contributed by atoms with Gasteiger partial charge in [0.25, 0.3) is 0 Å². The third kappa shape index (κ3) is 11.3. The summed E-state index contributed by atoms with van der Waals surface area (Å²) in [5.41, 5.74) is 5.07. The predicted molar refractivity (Wildman–Crippen MR) is 189 cm³/mol. The van der Waals surface area contributed by atoms with E-state index in [-0.39, 0.29) is 5.97 Å². The van der Waals surface area contributed by atoms with Crippen LogP contribution in [-0.4, -0.2) is 41.3 Å². The van der Waals surface area contributed by atoms with Crippen molar-refractivity contribution in [3.8, 4) is 22.5 Å². The fourth-order valence-corrected chi connectivity index (χ4v) is 3.70. The molecule has 0 spiro atoms. The Morgan fingerprint density at radius 2 is 1.26 bits per heavy atom. The smallest absolute Gasteiger partial charge is 0.338 e. The summed E-state index contributed by atoms with van der Waals surface area (Å²) in [7, 11) is 9.40. The van der Waals surface area contributed by atoms with Crippen LogP contribution in [0.4, 0.5) is 5.69 Å². The van der Waals surface area contributed by atoms with Crippen LogP contribution in [-0.2, 0) is 4.74 Å². The van der Waals surface area contributed by atoms with Gasteiger partial charge in [-0.3, -0.25) is 0 Å². The second-order valence-corrected chi connectivity index (χ2v) is 7.66. The molecule has 0 unspecified atom stereocenters. The summed E-state index contributed by atoms with van der Waals surface area (Å²) < 4.78 is 13.4. The Kier molecular flexibility index (Phi) is 25.7. The zero-order valence-electron chi connectivity index (χ0n) is 29.9. The number of fused-ring (bicyclic) bond motifs is 2. The SMILES string of the molecule is CC.CC.CC.CC.CC.CC.COC(=O)c1ccccc1-c1c2ccc(=[N+](C)C)cc-2oc2cc(N(C)C)ccc12. The second kappa shape index (κ2) is 25.1. The maximum atomic E-state index is 12.5. The van der Waals surface area contributed by atoms with Crippen LogP contribution in [0.3, 0.4) is 0 Å². The monoisotopic (exact) mass is 581 g/mol. The van der Waals surface area contributed by atoms with Crippen LogP contribution in [0.15, 0.2) is 65.1 Å². The molecule has 2 aromatic carbocycles. The molecule has 236 valence electrons. The fraction of sp³-hybridized carbons (Fsp3) is 0.459. The van der Waals surface area contributed by atoms with Gasteiger partial charge in [-0.25, -0.2) is 9.37 Å². The van der Waals surface area contributed by atoms with Gasteiger partial charge in [-0.2, -0.15) is 0 Å². The van der Waals surface area contributed by atoms with Crippen molar-refractivity contribution < 1.29 is 13.9 Å². The number of anilines is 1. The highest BCUT2D eigenvalue weighted by molar-refractivity contribution is 6.08. The van der Waals surface area contributed by atoms with Crippen LogP contribution < -0.4 is 14.8 Å². The highest BCUT2D eigenvalue weighted by Gasteiger charge is 2.22. The first-order chi connectivity index (χ1) is 20.4. The van der Waals surface area contributed by atoms with Crippen molar-refractivity contribution in [3.63, 3.8) is 0 Å². The summed E-state index contributed by atoms with van der Waals surface area (Å²) >= 11 is 0. The molecule has 1 heterocycles. The second-order valence-electron chi connectivity index (χ2n) is 7.66. The number of carbonyl (C=O) groups excluding carboxylic acids is 1. The third-order valence-corrected chi connectivity index (χ3v) is 5.32. The van der Waals surface area contributed by atoms with E-state index in [0.717, 1.165) is 44.5 Å². The molecule has 0 amide bonds. The average molecular weight is 582 g/mol. The highest BCUT2D eigenvalue weighted by atomic mass is 16.5. The van der Waals surface area contributed by atoms with Crippen molar-refractivity contribution in [3.05, 3.63) is 71.6 Å². The topological polar surface area (TPSA) is 45.7 Å². The number of ether oxygens (including phenoxy) is 1. The van der Waals surface area contributed by atoms with Gasteiger partial charge in [0.2, 0.25) is 5.36 Å². The molecule has 0 saturated heterocycles. The van der Waals surface area contributed by atoms with E-state index in [1.54, 1.807) is 6.07 Å². The first-order valence-electron chi connectivity index (χ1n) is 15.8. The van der Waals surface area contributed by atoms with Crippen LogP contribution in [0.2, 0.25) is 0 Å². The third-order valence-electron chi connectivity index (χ3n) is 5.32. The lowest BCUT2D eigenvalue weighted by Gasteiger charge is -2.19. The molecule has 0 radical (unpaired) electrons. The number of benzene rings is 3. The van der Waals surface area contributed by atoms with Crippen molar-refractivity contribution in [2.45, 2.75) is 83.1 Å². The summed E-state index contributed by atoms with van der Waals surface area (Å²) in [6, 6.07) is 19.8. The first kappa shape index (κ1) is 42.9. The number of hydrogen-bond donors (Lipinski definition) is 0. The number of rotatable bonds is 3. The van der Waals surface area contributed by atoms with Crippen molar-refractivity contribution >= 4 is 22.6 Å². The van der Waals surface area contributed by atoms with Gasteiger partial charge in [0.15, 0.2) is 0 Å². The van der Waals surface area contributed by atoms with Crippen molar-refractivity contribution in [2.24, 2.45) is 0 Å². The molecule has 0 fully saturated rings.